The fourth-order valence-corrected chi connectivity index (χ4v) is 3.26. The molecule has 10 heteroatoms. The van der Waals surface area contributed by atoms with Crippen molar-refractivity contribution in [3.05, 3.63) is 65.7 Å². The van der Waals surface area contributed by atoms with Gasteiger partial charge >= 0.3 is 11.9 Å². The summed E-state index contributed by atoms with van der Waals surface area (Å²) in [5.41, 5.74) is 3.07. The Hall–Kier alpha value is -2.92. The van der Waals surface area contributed by atoms with Crippen LogP contribution in [0.15, 0.2) is 54.6 Å². The van der Waals surface area contributed by atoms with E-state index >= 15 is 8.78 Å². The van der Waals surface area contributed by atoms with Crippen LogP contribution in [0, 0.1) is 5.92 Å². The zero-order valence-electron chi connectivity index (χ0n) is 19.4. The molecule has 0 radical (unpaired) electrons. The van der Waals surface area contributed by atoms with Crippen molar-refractivity contribution in [2.45, 2.75) is 50.6 Å². The lowest BCUT2D eigenvalue weighted by atomic mass is 9.90. The molecule has 0 saturated carbocycles. The summed E-state index contributed by atoms with van der Waals surface area (Å²) < 4.78 is 40.9. The zero-order chi connectivity index (χ0) is 25.7. The third-order valence-electron chi connectivity index (χ3n) is 5.39. The van der Waals surface area contributed by atoms with Gasteiger partial charge in [-0.05, 0) is 36.8 Å². The molecule has 0 aliphatic heterocycles. The molecule has 2 aromatic rings. The number of carbonyl (C=O) groups is 2. The normalized spacial score (nSPS) is 16.3. The van der Waals surface area contributed by atoms with E-state index in [-0.39, 0.29) is 16.9 Å². The SMILES string of the molecule is COC(=O)[C@](O)(NC(c1cccc(OC(=O)c2ccccc2)c1)C(F)(F)C(O)C(C)N)C(C)C. The predicted octanol–water partition coefficient (Wildman–Crippen LogP) is 2.40. The van der Waals surface area contributed by atoms with Gasteiger partial charge in [-0.25, -0.2) is 18.4 Å². The number of halogens is 2. The number of hydrogen-bond acceptors (Lipinski definition) is 8. The van der Waals surface area contributed by atoms with Crippen LogP contribution in [0.1, 0.15) is 42.7 Å². The molecule has 186 valence electrons. The van der Waals surface area contributed by atoms with Crippen LogP contribution in [0.4, 0.5) is 8.78 Å². The van der Waals surface area contributed by atoms with Crippen molar-refractivity contribution >= 4 is 11.9 Å². The Balaban J connectivity index is 2.51. The van der Waals surface area contributed by atoms with E-state index in [1.54, 1.807) is 18.2 Å². The maximum Gasteiger partial charge on any atom is 0.353 e. The van der Waals surface area contributed by atoms with Gasteiger partial charge in [-0.15, -0.1) is 0 Å². The number of alkyl halides is 2. The summed E-state index contributed by atoms with van der Waals surface area (Å²) in [5.74, 6) is -6.82. The fraction of sp³-hybridized carbons (Fsp3) is 0.417. The smallest absolute Gasteiger partial charge is 0.353 e. The molecule has 0 heterocycles. The summed E-state index contributed by atoms with van der Waals surface area (Å²) >= 11 is 0. The minimum absolute atomic E-state index is 0.0598. The standard InChI is InChI=1S/C24H30F2N2O6/c1-14(2)24(32,22(31)33-4)28-19(23(25,26)20(29)15(3)27)17-11-8-12-18(13-17)34-21(30)16-9-6-5-7-10-16/h5-15,19-20,28-29,32H,27H2,1-4H3/t15?,19?,20?,24-/m0/s1. The molecule has 0 amide bonds. The van der Waals surface area contributed by atoms with E-state index < -0.39 is 47.7 Å². The van der Waals surface area contributed by atoms with Crippen molar-refractivity contribution in [3.8, 4) is 5.75 Å². The monoisotopic (exact) mass is 480 g/mol. The number of aliphatic hydroxyl groups is 2. The average molecular weight is 481 g/mol. The second-order valence-electron chi connectivity index (χ2n) is 8.30. The molecule has 0 bridgehead atoms. The quantitative estimate of drug-likeness (QED) is 0.232. The van der Waals surface area contributed by atoms with Crippen molar-refractivity contribution in [3.63, 3.8) is 0 Å². The first-order valence-electron chi connectivity index (χ1n) is 10.6. The van der Waals surface area contributed by atoms with Gasteiger partial charge in [0, 0.05) is 12.0 Å². The highest BCUT2D eigenvalue weighted by Crippen LogP contribution is 2.39. The molecule has 0 saturated heterocycles. The van der Waals surface area contributed by atoms with Crippen LogP contribution < -0.4 is 15.8 Å². The summed E-state index contributed by atoms with van der Waals surface area (Å²) in [6, 6.07) is 9.77. The second kappa shape index (κ2) is 11.0. The molecule has 2 aromatic carbocycles. The summed E-state index contributed by atoms with van der Waals surface area (Å²) in [6.45, 7) is 4.06. The molecule has 5 N–H and O–H groups in total. The lowest BCUT2D eigenvalue weighted by Gasteiger charge is -2.39. The predicted molar refractivity (Wildman–Crippen MR) is 120 cm³/mol. The fourth-order valence-electron chi connectivity index (χ4n) is 3.26. The number of ether oxygens (including phenoxy) is 2. The third-order valence-corrected chi connectivity index (χ3v) is 5.39. The minimum atomic E-state index is -3.97. The highest BCUT2D eigenvalue weighted by Gasteiger charge is 2.54. The molecule has 0 aliphatic carbocycles. The van der Waals surface area contributed by atoms with Crippen LogP contribution in [-0.2, 0) is 9.53 Å². The number of methoxy groups -OCH3 is 1. The van der Waals surface area contributed by atoms with Gasteiger partial charge in [0.25, 0.3) is 5.92 Å². The number of nitrogens with one attached hydrogen (secondary N) is 1. The van der Waals surface area contributed by atoms with Crippen molar-refractivity contribution in [1.82, 2.24) is 5.32 Å². The van der Waals surface area contributed by atoms with E-state index in [0.717, 1.165) is 13.2 Å². The van der Waals surface area contributed by atoms with E-state index in [4.69, 9.17) is 10.5 Å². The minimum Gasteiger partial charge on any atom is -0.466 e. The van der Waals surface area contributed by atoms with Gasteiger partial charge in [0.1, 0.15) is 17.9 Å². The first kappa shape index (κ1) is 27.3. The molecule has 3 unspecified atom stereocenters. The highest BCUT2D eigenvalue weighted by atomic mass is 19.3. The summed E-state index contributed by atoms with van der Waals surface area (Å²) in [5, 5.41) is 23.4. The summed E-state index contributed by atoms with van der Waals surface area (Å²) in [7, 11) is 1.00. The van der Waals surface area contributed by atoms with Crippen LogP contribution in [-0.4, -0.2) is 53.1 Å². The molecule has 2 rings (SSSR count). The number of aliphatic hydroxyl groups excluding tert-OH is 1. The van der Waals surface area contributed by atoms with E-state index in [1.807, 2.05) is 0 Å². The number of rotatable bonds is 10. The van der Waals surface area contributed by atoms with Crippen LogP contribution in [0.2, 0.25) is 0 Å². The highest BCUT2D eigenvalue weighted by molar-refractivity contribution is 5.91. The van der Waals surface area contributed by atoms with Crippen molar-refractivity contribution < 1.29 is 38.1 Å². The Morgan fingerprint density at radius 1 is 1.06 bits per heavy atom. The van der Waals surface area contributed by atoms with E-state index in [1.165, 1.54) is 51.1 Å². The van der Waals surface area contributed by atoms with E-state index in [2.05, 4.69) is 10.1 Å². The molecule has 0 aliphatic rings. The number of carbonyl (C=O) groups excluding carboxylic acids is 2. The average Bonchev–Trinajstić information content (AvgIpc) is 2.81. The summed E-state index contributed by atoms with van der Waals surface area (Å²) in [6.07, 6.45) is -2.34. The van der Waals surface area contributed by atoms with Gasteiger partial charge in [-0.3, -0.25) is 5.32 Å². The molecule has 0 spiro atoms. The molecular weight excluding hydrogens is 450 g/mol. The molecule has 4 atom stereocenters. The lowest BCUT2D eigenvalue weighted by Crippen LogP contribution is -2.63. The molecular formula is C24H30F2N2O6. The van der Waals surface area contributed by atoms with Gasteiger partial charge in [-0.1, -0.05) is 44.2 Å². The maximum absolute atomic E-state index is 15.5. The summed E-state index contributed by atoms with van der Waals surface area (Å²) in [4.78, 5) is 24.7. The number of hydrogen-bond donors (Lipinski definition) is 4. The third kappa shape index (κ3) is 5.95. The van der Waals surface area contributed by atoms with Crippen LogP contribution >= 0.6 is 0 Å². The maximum atomic E-state index is 15.5. The molecule has 0 fully saturated rings. The Bertz CT molecular complexity index is 986. The molecule has 34 heavy (non-hydrogen) atoms. The van der Waals surface area contributed by atoms with Crippen molar-refractivity contribution in [1.29, 1.82) is 0 Å². The molecule has 0 aromatic heterocycles. The van der Waals surface area contributed by atoms with E-state index in [9.17, 15) is 19.8 Å². The topological polar surface area (TPSA) is 131 Å². The number of benzene rings is 2. The first-order valence-corrected chi connectivity index (χ1v) is 10.6. The van der Waals surface area contributed by atoms with Crippen molar-refractivity contribution in [2.24, 2.45) is 11.7 Å². The van der Waals surface area contributed by atoms with Crippen LogP contribution in [0.5, 0.6) is 5.75 Å². The Labute approximate surface area is 196 Å². The Morgan fingerprint density at radius 2 is 1.68 bits per heavy atom. The lowest BCUT2D eigenvalue weighted by molar-refractivity contribution is -0.188. The van der Waals surface area contributed by atoms with Gasteiger partial charge in [-0.2, -0.15) is 0 Å². The van der Waals surface area contributed by atoms with E-state index in [0.29, 0.717) is 0 Å². The largest absolute Gasteiger partial charge is 0.466 e. The van der Waals surface area contributed by atoms with Gasteiger partial charge in [0.15, 0.2) is 0 Å². The van der Waals surface area contributed by atoms with Crippen molar-refractivity contribution in [2.75, 3.05) is 7.11 Å². The second-order valence-corrected chi connectivity index (χ2v) is 8.30. The molecule has 8 nitrogen and oxygen atoms in total. The number of nitrogens with two attached hydrogens (primary N) is 1. The van der Waals surface area contributed by atoms with Gasteiger partial charge < -0.3 is 25.4 Å². The number of esters is 2. The zero-order valence-corrected chi connectivity index (χ0v) is 19.4. The van der Waals surface area contributed by atoms with Crippen LogP contribution in [0.25, 0.3) is 0 Å². The Morgan fingerprint density at radius 3 is 2.21 bits per heavy atom. The van der Waals surface area contributed by atoms with Gasteiger partial charge in [0.2, 0.25) is 5.72 Å². The first-order chi connectivity index (χ1) is 15.8. The Kier molecular flexibility index (Phi) is 8.84. The van der Waals surface area contributed by atoms with Crippen LogP contribution in [0.3, 0.4) is 0 Å². The van der Waals surface area contributed by atoms with Gasteiger partial charge in [0.05, 0.1) is 12.7 Å².